The van der Waals surface area contributed by atoms with E-state index in [2.05, 4.69) is 60.8 Å². The molecule has 0 saturated carbocycles. The van der Waals surface area contributed by atoms with E-state index in [1.165, 1.54) is 21.6 Å². The first-order chi connectivity index (χ1) is 9.22. The number of hydrogen-bond donors (Lipinski definition) is 1. The smallest absolute Gasteiger partial charge is 0.143 e. The molecule has 0 saturated heterocycles. The predicted octanol–water partition coefficient (Wildman–Crippen LogP) is 4.94. The van der Waals surface area contributed by atoms with Crippen molar-refractivity contribution in [2.24, 2.45) is 0 Å². The van der Waals surface area contributed by atoms with Crippen molar-refractivity contribution in [1.29, 1.82) is 0 Å². The molecule has 0 spiro atoms. The Bertz CT molecular complexity index is 657. The van der Waals surface area contributed by atoms with Crippen LogP contribution in [0.15, 0.2) is 48.5 Å². The lowest BCUT2D eigenvalue weighted by Gasteiger charge is -2.20. The number of anilines is 1. The quantitative estimate of drug-likeness (QED) is 0.745. The van der Waals surface area contributed by atoms with Gasteiger partial charge in [0.2, 0.25) is 0 Å². The van der Waals surface area contributed by atoms with Gasteiger partial charge in [-0.3, -0.25) is 0 Å². The number of rotatable bonds is 1. The van der Waals surface area contributed by atoms with Crippen LogP contribution in [-0.2, 0) is 0 Å². The largest absolute Gasteiger partial charge is 0.340 e. The number of nitrogens with one attached hydrogen (secondary N) is 1. The normalized spacial score (nSPS) is 16.1. The molecule has 2 aromatic carbocycles. The van der Waals surface area contributed by atoms with Gasteiger partial charge in [-0.15, -0.1) is 0 Å². The highest BCUT2D eigenvalue weighted by Crippen LogP contribution is 2.39. The maximum Gasteiger partial charge on any atom is 0.143 e. The molecule has 0 bridgehead atoms. The summed E-state index contributed by atoms with van der Waals surface area (Å²) in [6, 6.07) is 16.8. The molecule has 2 aromatic rings. The fourth-order valence-electron chi connectivity index (χ4n) is 2.02. The minimum Gasteiger partial charge on any atom is -0.340 e. The molecule has 1 heterocycles. The Morgan fingerprint density at radius 2 is 1.79 bits per heavy atom. The predicted molar refractivity (Wildman–Crippen MR) is 89.3 cm³/mol. The fraction of sp³-hybridized carbons (Fsp3) is 0.0625. The zero-order chi connectivity index (χ0) is 13.2. The first kappa shape index (κ1) is 12.5. The van der Waals surface area contributed by atoms with E-state index in [-0.39, 0.29) is 0 Å². The molecule has 1 aliphatic rings. The SMILES string of the molecule is Cc1ccc(/C=C2\SC(=S)Nc3ccccc32)cc1. The van der Waals surface area contributed by atoms with Gasteiger partial charge in [-0.25, -0.2) is 0 Å². The van der Waals surface area contributed by atoms with Crippen LogP contribution in [0.25, 0.3) is 11.0 Å². The summed E-state index contributed by atoms with van der Waals surface area (Å²) < 4.78 is 0.803. The van der Waals surface area contributed by atoms with E-state index in [9.17, 15) is 0 Å². The van der Waals surface area contributed by atoms with Gasteiger partial charge in [-0.1, -0.05) is 72.0 Å². The second-order valence-corrected chi connectivity index (χ2v) is 6.20. The van der Waals surface area contributed by atoms with Crippen molar-refractivity contribution in [2.45, 2.75) is 6.92 Å². The van der Waals surface area contributed by atoms with Crippen molar-refractivity contribution in [1.82, 2.24) is 0 Å². The fourth-order valence-corrected chi connectivity index (χ4v) is 3.24. The Labute approximate surface area is 122 Å². The highest BCUT2D eigenvalue weighted by molar-refractivity contribution is 8.29. The second-order valence-electron chi connectivity index (χ2n) is 4.48. The summed E-state index contributed by atoms with van der Waals surface area (Å²) in [4.78, 5) is 1.20. The Morgan fingerprint density at radius 1 is 1.05 bits per heavy atom. The molecular weight excluding hydrogens is 270 g/mol. The molecule has 0 radical (unpaired) electrons. The summed E-state index contributed by atoms with van der Waals surface area (Å²) in [5.41, 5.74) is 4.77. The van der Waals surface area contributed by atoms with Crippen LogP contribution in [0.3, 0.4) is 0 Å². The van der Waals surface area contributed by atoms with Crippen LogP contribution in [-0.4, -0.2) is 4.32 Å². The summed E-state index contributed by atoms with van der Waals surface area (Å²) in [7, 11) is 0. The highest BCUT2D eigenvalue weighted by Gasteiger charge is 2.17. The number of aryl methyl sites for hydroxylation is 1. The summed E-state index contributed by atoms with van der Waals surface area (Å²) in [5, 5.41) is 3.24. The van der Waals surface area contributed by atoms with Crippen molar-refractivity contribution in [3.8, 4) is 0 Å². The van der Waals surface area contributed by atoms with Crippen LogP contribution >= 0.6 is 24.0 Å². The van der Waals surface area contributed by atoms with Gasteiger partial charge in [0.05, 0.1) is 0 Å². The third kappa shape index (κ3) is 2.72. The van der Waals surface area contributed by atoms with Gasteiger partial charge in [0.1, 0.15) is 4.32 Å². The lowest BCUT2D eigenvalue weighted by molar-refractivity contribution is 1.46. The topological polar surface area (TPSA) is 12.0 Å². The number of thiocarbonyl (C=S) groups is 1. The molecular formula is C16H13NS2. The summed E-state index contributed by atoms with van der Waals surface area (Å²) in [6.07, 6.45) is 2.19. The van der Waals surface area contributed by atoms with Crippen LogP contribution in [0.5, 0.6) is 0 Å². The van der Waals surface area contributed by atoms with Gasteiger partial charge in [0, 0.05) is 16.2 Å². The maximum atomic E-state index is 5.31. The zero-order valence-electron chi connectivity index (χ0n) is 10.5. The van der Waals surface area contributed by atoms with Crippen LogP contribution in [0, 0.1) is 6.92 Å². The van der Waals surface area contributed by atoms with E-state index in [1.54, 1.807) is 11.8 Å². The molecule has 1 nitrogen and oxygen atoms in total. The van der Waals surface area contributed by atoms with Crippen LogP contribution in [0.1, 0.15) is 16.7 Å². The standard InChI is InChI=1S/C16H13NS2/c1-11-6-8-12(9-7-11)10-15-13-4-2-3-5-14(13)17-16(18)19-15/h2-10H,1H3,(H,17,18)/b15-10-. The number of benzene rings is 2. The lowest BCUT2D eigenvalue weighted by atomic mass is 10.1. The number of thioether (sulfide) groups is 1. The summed E-state index contributed by atoms with van der Waals surface area (Å²) >= 11 is 6.92. The minimum atomic E-state index is 0.803. The summed E-state index contributed by atoms with van der Waals surface area (Å²) in [6.45, 7) is 2.10. The molecule has 1 aliphatic heterocycles. The molecule has 0 aromatic heterocycles. The molecule has 0 amide bonds. The Balaban J connectivity index is 2.05. The molecule has 0 aliphatic carbocycles. The molecule has 3 heteroatoms. The first-order valence-corrected chi connectivity index (χ1v) is 7.31. The van der Waals surface area contributed by atoms with Gasteiger partial charge in [0.25, 0.3) is 0 Å². The molecule has 0 atom stereocenters. The number of hydrogen-bond acceptors (Lipinski definition) is 2. The van der Waals surface area contributed by atoms with Gasteiger partial charge in [-0.05, 0) is 24.6 Å². The highest BCUT2D eigenvalue weighted by atomic mass is 32.2. The number of para-hydroxylation sites is 1. The van der Waals surface area contributed by atoms with Crippen LogP contribution < -0.4 is 5.32 Å². The Hall–Kier alpha value is -1.58. The van der Waals surface area contributed by atoms with Crippen molar-refractivity contribution >= 4 is 45.0 Å². The monoisotopic (exact) mass is 283 g/mol. The average molecular weight is 283 g/mol. The average Bonchev–Trinajstić information content (AvgIpc) is 2.41. The molecule has 1 N–H and O–H groups in total. The zero-order valence-corrected chi connectivity index (χ0v) is 12.1. The molecule has 19 heavy (non-hydrogen) atoms. The third-order valence-corrected chi connectivity index (χ3v) is 4.20. The second kappa shape index (κ2) is 5.19. The van der Waals surface area contributed by atoms with Gasteiger partial charge < -0.3 is 5.32 Å². The third-order valence-electron chi connectivity index (χ3n) is 3.01. The lowest BCUT2D eigenvalue weighted by Crippen LogP contribution is -2.11. The van der Waals surface area contributed by atoms with E-state index >= 15 is 0 Å². The minimum absolute atomic E-state index is 0.803. The van der Waals surface area contributed by atoms with Crippen molar-refractivity contribution in [2.75, 3.05) is 5.32 Å². The van der Waals surface area contributed by atoms with E-state index < -0.39 is 0 Å². The summed E-state index contributed by atoms with van der Waals surface area (Å²) in [5.74, 6) is 0. The molecule has 94 valence electrons. The first-order valence-electron chi connectivity index (χ1n) is 6.09. The Kier molecular flexibility index (Phi) is 3.40. The van der Waals surface area contributed by atoms with Gasteiger partial charge in [0.15, 0.2) is 0 Å². The van der Waals surface area contributed by atoms with E-state index in [1.807, 2.05) is 6.07 Å². The van der Waals surface area contributed by atoms with Crippen LogP contribution in [0.2, 0.25) is 0 Å². The van der Waals surface area contributed by atoms with Gasteiger partial charge >= 0.3 is 0 Å². The van der Waals surface area contributed by atoms with Gasteiger partial charge in [-0.2, -0.15) is 0 Å². The molecule has 3 rings (SSSR count). The van der Waals surface area contributed by atoms with Crippen molar-refractivity contribution in [3.05, 3.63) is 65.2 Å². The van der Waals surface area contributed by atoms with Crippen molar-refractivity contribution in [3.63, 3.8) is 0 Å². The Morgan fingerprint density at radius 3 is 2.58 bits per heavy atom. The van der Waals surface area contributed by atoms with E-state index in [0.29, 0.717) is 0 Å². The molecule has 0 unspecified atom stereocenters. The van der Waals surface area contributed by atoms with Crippen LogP contribution in [0.4, 0.5) is 5.69 Å². The van der Waals surface area contributed by atoms with E-state index in [0.717, 1.165) is 10.0 Å². The molecule has 0 fully saturated rings. The van der Waals surface area contributed by atoms with Crippen molar-refractivity contribution < 1.29 is 0 Å². The number of fused-ring (bicyclic) bond motifs is 1. The van der Waals surface area contributed by atoms with E-state index in [4.69, 9.17) is 12.2 Å². The maximum absolute atomic E-state index is 5.31.